The molecule has 0 saturated carbocycles. The van der Waals surface area contributed by atoms with Crippen LogP contribution in [0.25, 0.3) is 0 Å². The van der Waals surface area contributed by atoms with Gasteiger partial charge in [0.25, 0.3) is 0 Å². The van der Waals surface area contributed by atoms with Crippen LogP contribution in [0.15, 0.2) is 121 Å². The zero-order chi connectivity index (χ0) is 45.6. The summed E-state index contributed by atoms with van der Waals surface area (Å²) in [6.07, 6.45) is -2.83. The van der Waals surface area contributed by atoms with E-state index in [9.17, 15) is 29.4 Å². The summed E-state index contributed by atoms with van der Waals surface area (Å²) in [5.41, 5.74) is 3.79. The van der Waals surface area contributed by atoms with Gasteiger partial charge < -0.3 is 51.1 Å². The summed E-state index contributed by atoms with van der Waals surface area (Å²) in [6, 6.07) is 34.1. The van der Waals surface area contributed by atoms with Gasteiger partial charge in [0.1, 0.15) is 24.3 Å². The molecule has 14 nitrogen and oxygen atoms in total. The maximum atomic E-state index is 14.2. The number of nitrogens with zero attached hydrogens (tertiary/aromatic N) is 4. The number of carbonyl (C=O) groups excluding carboxylic acids is 4. The van der Waals surface area contributed by atoms with Crippen molar-refractivity contribution in [1.82, 2.24) is 31.1 Å². The van der Waals surface area contributed by atoms with Gasteiger partial charge in [-0.15, -0.1) is 0 Å². The second-order valence-electron chi connectivity index (χ2n) is 17.6. The molecule has 6 N–H and O–H groups in total. The lowest BCUT2D eigenvalue weighted by molar-refractivity contribution is -0.129. The molecule has 2 heterocycles. The molecule has 0 aliphatic carbocycles. The van der Waals surface area contributed by atoms with E-state index in [2.05, 4.69) is 31.1 Å². The van der Waals surface area contributed by atoms with Crippen molar-refractivity contribution in [2.45, 2.75) is 76.9 Å². The molecule has 6 rings (SSSR count). The summed E-state index contributed by atoms with van der Waals surface area (Å²) in [5.74, 6) is -1.63. The predicted molar refractivity (Wildman–Crippen MR) is 251 cm³/mol. The number of hydrogen-bond donors (Lipinski definition) is 6. The lowest BCUT2D eigenvalue weighted by Crippen LogP contribution is -2.63. The van der Waals surface area contributed by atoms with Crippen LogP contribution in [0.3, 0.4) is 0 Å². The van der Waals surface area contributed by atoms with Gasteiger partial charge in [-0.25, -0.2) is 9.59 Å². The Balaban J connectivity index is 1.15. The summed E-state index contributed by atoms with van der Waals surface area (Å²) in [6.45, 7) is 11.9. The van der Waals surface area contributed by atoms with Crippen LogP contribution in [0.2, 0.25) is 0 Å². The van der Waals surface area contributed by atoms with E-state index in [1.165, 1.54) is 0 Å². The highest BCUT2D eigenvalue weighted by molar-refractivity contribution is 5.88. The Hall–Kier alpha value is -6.12. The number of hydrogen-bond acceptors (Lipinski definition) is 8. The molecule has 2 fully saturated rings. The van der Waals surface area contributed by atoms with Crippen molar-refractivity contribution in [2.75, 3.05) is 62.2 Å². The highest BCUT2D eigenvalue weighted by Gasteiger charge is 2.38. The Morgan fingerprint density at radius 2 is 0.750 bits per heavy atom. The van der Waals surface area contributed by atoms with Gasteiger partial charge in [-0.3, -0.25) is 9.59 Å². The fraction of sp³-hybridized carbons (Fsp3) is 0.440. The first kappa shape index (κ1) is 47.4. The van der Waals surface area contributed by atoms with E-state index in [-0.39, 0.29) is 36.7 Å². The predicted octanol–water partition coefficient (Wildman–Crippen LogP) is 4.28. The molecule has 0 spiro atoms. The summed E-state index contributed by atoms with van der Waals surface area (Å²) in [4.78, 5) is 63.6. The maximum absolute atomic E-state index is 14.2. The molecule has 0 aromatic heterocycles. The fourth-order valence-electron chi connectivity index (χ4n) is 8.40. The first-order valence-electron chi connectivity index (χ1n) is 22.6. The lowest BCUT2D eigenvalue weighted by atomic mass is 9.90. The van der Waals surface area contributed by atoms with Crippen LogP contribution in [0.5, 0.6) is 0 Å². The molecule has 64 heavy (non-hydrogen) atoms. The van der Waals surface area contributed by atoms with Gasteiger partial charge in [0, 0.05) is 63.7 Å². The number of aliphatic hydroxyl groups is 2. The van der Waals surface area contributed by atoms with E-state index in [1.807, 2.05) is 149 Å². The minimum absolute atomic E-state index is 0.152. The van der Waals surface area contributed by atoms with E-state index < -0.39 is 48.2 Å². The average Bonchev–Trinajstić information content (AvgIpc) is 3.32. The number of piperazine rings is 2. The summed E-state index contributed by atoms with van der Waals surface area (Å²) >= 11 is 0. The molecule has 4 aromatic rings. The molecular formula is C50H66N8O6. The Labute approximate surface area is 378 Å². The number of anilines is 2. The zero-order valence-electron chi connectivity index (χ0n) is 37.6. The number of para-hydroxylation sites is 2. The Morgan fingerprint density at radius 3 is 1.05 bits per heavy atom. The number of benzene rings is 4. The van der Waals surface area contributed by atoms with Crippen LogP contribution in [0.1, 0.15) is 38.8 Å². The standard InChI is InChI=1S/C50H66N8O6/c1-35(2)43(53-49(63)57-29-25-55(26-30-57)39-21-13-7-14-22-39)47(61)51-41(33-37-17-9-5-10-18-37)45(59)46(60)42(34-38-19-11-6-12-20-38)52-48(62)44(36(3)4)54-50(64)58-31-27-56(28-32-58)40-23-15-8-16-24-40/h5-24,35-36,41-46,59-60H,25-34H2,1-4H3,(H,51,61)(H,52,62)(H,53,63)(H,54,64)/t41-,42-,43-,44+,45+,46-/m0/s1. The number of rotatable bonds is 17. The van der Waals surface area contributed by atoms with Crippen LogP contribution in [-0.2, 0) is 22.4 Å². The lowest BCUT2D eigenvalue weighted by Gasteiger charge is -2.38. The first-order valence-corrected chi connectivity index (χ1v) is 22.6. The first-order chi connectivity index (χ1) is 30.9. The van der Waals surface area contributed by atoms with E-state index in [0.717, 1.165) is 22.5 Å². The average molecular weight is 875 g/mol. The second-order valence-corrected chi connectivity index (χ2v) is 17.6. The molecule has 0 bridgehead atoms. The van der Waals surface area contributed by atoms with Gasteiger partial charge in [0.05, 0.1) is 12.1 Å². The topological polar surface area (TPSA) is 170 Å². The van der Waals surface area contributed by atoms with E-state index in [1.54, 1.807) is 9.80 Å². The van der Waals surface area contributed by atoms with Gasteiger partial charge in [0.2, 0.25) is 11.8 Å². The molecule has 6 atom stereocenters. The molecule has 342 valence electrons. The van der Waals surface area contributed by atoms with Crippen LogP contribution in [0.4, 0.5) is 21.0 Å². The quantitative estimate of drug-likeness (QED) is 0.0915. The van der Waals surface area contributed by atoms with Crippen molar-refractivity contribution >= 4 is 35.3 Å². The number of nitrogens with one attached hydrogen (secondary N) is 4. The van der Waals surface area contributed by atoms with Crippen LogP contribution < -0.4 is 31.1 Å². The molecule has 2 aliphatic rings. The smallest absolute Gasteiger partial charge is 0.318 e. The highest BCUT2D eigenvalue weighted by atomic mass is 16.3. The second kappa shape index (κ2) is 23.0. The molecule has 2 saturated heterocycles. The minimum atomic E-state index is -1.57. The number of amides is 6. The number of urea groups is 2. The third kappa shape index (κ3) is 13.0. The van der Waals surface area contributed by atoms with Crippen molar-refractivity contribution in [3.63, 3.8) is 0 Å². The molecule has 2 aliphatic heterocycles. The molecule has 0 unspecified atom stereocenters. The van der Waals surface area contributed by atoms with Crippen molar-refractivity contribution in [1.29, 1.82) is 0 Å². The summed E-state index contributed by atoms with van der Waals surface area (Å²) < 4.78 is 0. The zero-order valence-corrected chi connectivity index (χ0v) is 37.6. The number of carbonyl (C=O) groups is 4. The summed E-state index contributed by atoms with van der Waals surface area (Å²) in [7, 11) is 0. The fourth-order valence-corrected chi connectivity index (χ4v) is 8.40. The van der Waals surface area contributed by atoms with Gasteiger partial charge in [-0.05, 0) is 60.1 Å². The normalized spacial score (nSPS) is 17.2. The Morgan fingerprint density at radius 1 is 0.453 bits per heavy atom. The van der Waals surface area contributed by atoms with Crippen molar-refractivity contribution < 1.29 is 29.4 Å². The maximum Gasteiger partial charge on any atom is 0.318 e. The molecule has 4 aromatic carbocycles. The molecule has 14 heteroatoms. The number of aliphatic hydroxyl groups excluding tert-OH is 2. The third-order valence-corrected chi connectivity index (χ3v) is 12.3. The van der Waals surface area contributed by atoms with E-state index >= 15 is 0 Å². The summed E-state index contributed by atoms with van der Waals surface area (Å²) in [5, 5.41) is 36.2. The van der Waals surface area contributed by atoms with Gasteiger partial charge >= 0.3 is 12.1 Å². The van der Waals surface area contributed by atoms with E-state index in [0.29, 0.717) is 52.4 Å². The Kier molecular flexibility index (Phi) is 17.0. The minimum Gasteiger partial charge on any atom is -0.388 e. The third-order valence-electron chi connectivity index (χ3n) is 12.3. The van der Waals surface area contributed by atoms with Crippen molar-refractivity contribution in [3.05, 3.63) is 132 Å². The molecular weight excluding hydrogens is 809 g/mol. The van der Waals surface area contributed by atoms with Gasteiger partial charge in [-0.1, -0.05) is 125 Å². The van der Waals surface area contributed by atoms with Crippen LogP contribution >= 0.6 is 0 Å². The van der Waals surface area contributed by atoms with Gasteiger partial charge in [0.15, 0.2) is 0 Å². The molecule has 6 amide bonds. The largest absolute Gasteiger partial charge is 0.388 e. The van der Waals surface area contributed by atoms with Crippen LogP contribution in [0, 0.1) is 11.8 Å². The van der Waals surface area contributed by atoms with Crippen LogP contribution in [-0.4, -0.2) is 133 Å². The Bertz CT molecular complexity index is 1910. The monoisotopic (exact) mass is 875 g/mol. The van der Waals surface area contributed by atoms with Crippen molar-refractivity contribution in [2.24, 2.45) is 11.8 Å². The van der Waals surface area contributed by atoms with Crippen molar-refractivity contribution in [3.8, 4) is 0 Å². The van der Waals surface area contributed by atoms with Gasteiger partial charge in [-0.2, -0.15) is 0 Å². The highest BCUT2D eigenvalue weighted by Crippen LogP contribution is 2.20. The van der Waals surface area contributed by atoms with E-state index in [4.69, 9.17) is 0 Å². The molecule has 0 radical (unpaired) electrons. The SMILES string of the molecule is CC(C)[C@H](NC(=O)N1CCN(c2ccccc2)CC1)C(=O)N[C@@H](Cc1ccccc1)[C@@H](O)[C@@H](O)[C@H](Cc1ccccc1)NC(=O)[C@H](NC(=O)N1CCN(c2ccccc2)CC1)C(C)C.